The summed E-state index contributed by atoms with van der Waals surface area (Å²) >= 11 is 1.24. The van der Waals surface area contributed by atoms with E-state index in [1.54, 1.807) is 24.5 Å². The van der Waals surface area contributed by atoms with E-state index in [0.717, 1.165) is 4.68 Å². The third kappa shape index (κ3) is 2.31. The van der Waals surface area contributed by atoms with Crippen LogP contribution >= 0.6 is 11.8 Å². The van der Waals surface area contributed by atoms with Crippen LogP contribution in [0.25, 0.3) is 17.4 Å². The fraction of sp³-hybridized carbons (Fsp3) is 0.0714. The second-order valence-electron chi connectivity index (χ2n) is 4.50. The van der Waals surface area contributed by atoms with Gasteiger partial charge in [0.2, 0.25) is 5.95 Å². The molecule has 0 fully saturated rings. The highest BCUT2D eigenvalue weighted by molar-refractivity contribution is 7.98. The minimum atomic E-state index is -0.659. The van der Waals surface area contributed by atoms with E-state index in [9.17, 15) is 15.3 Å². The first-order valence-electron chi connectivity index (χ1n) is 6.52. The average molecular weight is 339 g/mol. The lowest BCUT2D eigenvalue weighted by atomic mass is 10.2. The van der Waals surface area contributed by atoms with Gasteiger partial charge in [0.15, 0.2) is 5.76 Å². The Bertz CT molecular complexity index is 1050. The van der Waals surface area contributed by atoms with Crippen LogP contribution in [0.2, 0.25) is 0 Å². The van der Waals surface area contributed by atoms with Crippen LogP contribution < -0.4 is 11.3 Å². The fourth-order valence-electron chi connectivity index (χ4n) is 2.08. The quantitative estimate of drug-likeness (QED) is 0.677. The minimum absolute atomic E-state index is 0.0142. The van der Waals surface area contributed by atoms with Crippen molar-refractivity contribution in [3.05, 3.63) is 39.9 Å². The molecule has 10 heteroatoms. The summed E-state index contributed by atoms with van der Waals surface area (Å²) in [6, 6.07) is 6.95. The molecule has 0 aliphatic heterocycles. The van der Waals surface area contributed by atoms with Gasteiger partial charge in [-0.25, -0.2) is 4.98 Å². The minimum Gasteiger partial charge on any atom is -0.463 e. The maximum Gasteiger partial charge on any atom is 0.271 e. The smallest absolute Gasteiger partial charge is 0.271 e. The lowest BCUT2D eigenvalue weighted by molar-refractivity contribution is 0.578. The number of nitrogens with zero attached hydrogens (tertiary/aromatic N) is 5. The Labute approximate surface area is 139 Å². The van der Waals surface area contributed by atoms with E-state index in [1.807, 2.05) is 6.07 Å². The fourth-order valence-corrected chi connectivity index (χ4v) is 2.59. The third-order valence-corrected chi connectivity index (χ3v) is 3.84. The summed E-state index contributed by atoms with van der Waals surface area (Å²) in [7, 11) is 0. The van der Waals surface area contributed by atoms with Gasteiger partial charge in [-0.3, -0.25) is 9.78 Å². The van der Waals surface area contributed by atoms with Crippen molar-refractivity contribution >= 4 is 17.6 Å². The van der Waals surface area contributed by atoms with Crippen molar-refractivity contribution in [3.63, 3.8) is 0 Å². The lowest BCUT2D eigenvalue weighted by Gasteiger charge is -2.05. The molecule has 0 unspecified atom stereocenters. The second-order valence-corrected chi connectivity index (χ2v) is 5.29. The van der Waals surface area contributed by atoms with Crippen LogP contribution in [0.5, 0.6) is 0 Å². The molecule has 3 aromatic heterocycles. The van der Waals surface area contributed by atoms with Crippen molar-refractivity contribution in [2.75, 3.05) is 12.0 Å². The highest BCUT2D eigenvalue weighted by Gasteiger charge is 2.21. The van der Waals surface area contributed by atoms with Crippen molar-refractivity contribution < 1.29 is 4.42 Å². The Balaban J connectivity index is 2.29. The molecule has 3 heterocycles. The second kappa shape index (κ2) is 5.95. The number of hydrogen-bond acceptors (Lipinski definition) is 8. The van der Waals surface area contributed by atoms with E-state index in [1.165, 1.54) is 18.0 Å². The van der Waals surface area contributed by atoms with Gasteiger partial charge >= 0.3 is 0 Å². The molecule has 3 N–H and O–H groups in total. The maximum atomic E-state index is 12.2. The first-order chi connectivity index (χ1) is 11.6. The third-order valence-electron chi connectivity index (χ3n) is 3.17. The average Bonchev–Trinajstić information content (AvgIpc) is 3.21. The Morgan fingerprint density at radius 2 is 2.12 bits per heavy atom. The number of nitriles is 2. The number of nitrogens with two attached hydrogens (primary N) is 1. The lowest BCUT2D eigenvalue weighted by Crippen LogP contribution is -2.19. The van der Waals surface area contributed by atoms with Gasteiger partial charge < -0.3 is 10.2 Å². The first-order valence-corrected chi connectivity index (χ1v) is 7.74. The highest BCUT2D eigenvalue weighted by atomic mass is 32.2. The Kier molecular flexibility index (Phi) is 3.82. The molecule has 3 rings (SSSR count). The number of rotatable bonds is 3. The van der Waals surface area contributed by atoms with Gasteiger partial charge in [0.05, 0.1) is 6.26 Å². The van der Waals surface area contributed by atoms with Crippen LogP contribution in [-0.4, -0.2) is 26.0 Å². The van der Waals surface area contributed by atoms with Crippen molar-refractivity contribution in [1.82, 2.24) is 19.7 Å². The summed E-state index contributed by atoms with van der Waals surface area (Å²) in [5.41, 5.74) is 5.34. The van der Waals surface area contributed by atoms with Crippen LogP contribution in [0.1, 0.15) is 11.1 Å². The van der Waals surface area contributed by atoms with Crippen molar-refractivity contribution in [3.8, 4) is 29.5 Å². The molecule has 0 aliphatic carbocycles. The number of thioether (sulfide) groups is 1. The van der Waals surface area contributed by atoms with Gasteiger partial charge in [-0.05, 0) is 18.4 Å². The number of aromatic amines is 1. The van der Waals surface area contributed by atoms with Gasteiger partial charge in [-0.1, -0.05) is 0 Å². The van der Waals surface area contributed by atoms with Crippen LogP contribution in [0.4, 0.5) is 5.82 Å². The zero-order chi connectivity index (χ0) is 17.3. The number of hydrogen-bond donors (Lipinski definition) is 2. The predicted molar refractivity (Wildman–Crippen MR) is 85.3 cm³/mol. The largest absolute Gasteiger partial charge is 0.463 e. The molecule has 0 amide bonds. The summed E-state index contributed by atoms with van der Waals surface area (Å²) in [6.07, 6.45) is 3.15. The van der Waals surface area contributed by atoms with Crippen LogP contribution in [0.15, 0.2) is 32.6 Å². The molecule has 0 aromatic carbocycles. The normalized spacial score (nSPS) is 10.3. The molecule has 0 aliphatic rings. The summed E-state index contributed by atoms with van der Waals surface area (Å²) < 4.78 is 6.38. The van der Waals surface area contributed by atoms with Crippen LogP contribution in [0.3, 0.4) is 0 Å². The Morgan fingerprint density at radius 3 is 2.67 bits per heavy atom. The van der Waals surface area contributed by atoms with Gasteiger partial charge in [0.1, 0.15) is 39.8 Å². The summed E-state index contributed by atoms with van der Waals surface area (Å²) in [4.78, 5) is 18.9. The zero-order valence-corrected chi connectivity index (χ0v) is 13.1. The molecule has 0 saturated carbocycles. The number of furan rings is 1. The van der Waals surface area contributed by atoms with Crippen molar-refractivity contribution in [2.45, 2.75) is 5.03 Å². The molecule has 118 valence electrons. The highest BCUT2D eigenvalue weighted by Crippen LogP contribution is 2.26. The number of H-pyrrole nitrogens is 1. The first kappa shape index (κ1) is 15.4. The molecular weight excluding hydrogens is 330 g/mol. The van der Waals surface area contributed by atoms with Crippen LogP contribution in [-0.2, 0) is 0 Å². The van der Waals surface area contributed by atoms with Crippen molar-refractivity contribution in [1.29, 1.82) is 10.5 Å². The number of nitrogen functional groups attached to an aromatic ring is 1. The van der Waals surface area contributed by atoms with E-state index in [0.29, 0.717) is 5.03 Å². The molecular formula is C14H9N7O2S. The molecule has 9 nitrogen and oxygen atoms in total. The van der Waals surface area contributed by atoms with Gasteiger partial charge in [-0.2, -0.15) is 20.3 Å². The topological polar surface area (TPSA) is 150 Å². The summed E-state index contributed by atoms with van der Waals surface area (Å²) in [6.45, 7) is 0. The number of nitrogens with one attached hydrogen (secondary N) is 1. The Hall–Kier alpha value is -3.50. The molecule has 0 radical (unpaired) electrons. The predicted octanol–water partition coefficient (Wildman–Crippen LogP) is 1.26. The number of aromatic nitrogens is 4. The monoisotopic (exact) mass is 339 g/mol. The Morgan fingerprint density at radius 1 is 1.38 bits per heavy atom. The SMILES string of the molecule is CSc1nn(-c2nc(-c3ccco3)c(C#N)c(=O)[nH]2)c(N)c1C#N. The van der Waals surface area contributed by atoms with Crippen molar-refractivity contribution in [2.24, 2.45) is 0 Å². The molecule has 0 atom stereocenters. The van der Waals surface area contributed by atoms with E-state index in [-0.39, 0.29) is 34.3 Å². The summed E-state index contributed by atoms with van der Waals surface area (Å²) in [5.74, 6) is 0.287. The molecule has 0 saturated heterocycles. The number of anilines is 1. The van der Waals surface area contributed by atoms with E-state index in [2.05, 4.69) is 15.1 Å². The zero-order valence-electron chi connectivity index (χ0n) is 12.3. The van der Waals surface area contributed by atoms with E-state index in [4.69, 9.17) is 10.2 Å². The van der Waals surface area contributed by atoms with Gasteiger partial charge in [0, 0.05) is 0 Å². The molecule has 0 spiro atoms. The van der Waals surface area contributed by atoms with Gasteiger partial charge in [0.25, 0.3) is 5.56 Å². The molecule has 24 heavy (non-hydrogen) atoms. The molecule has 0 bridgehead atoms. The van der Waals surface area contributed by atoms with Crippen LogP contribution in [0, 0.1) is 22.7 Å². The van der Waals surface area contributed by atoms with E-state index >= 15 is 0 Å². The molecule has 3 aromatic rings. The van der Waals surface area contributed by atoms with Gasteiger partial charge in [-0.15, -0.1) is 11.8 Å². The maximum absolute atomic E-state index is 12.2. The summed E-state index contributed by atoms with van der Waals surface area (Å²) in [5, 5.41) is 23.0. The van der Waals surface area contributed by atoms with E-state index < -0.39 is 5.56 Å². The standard InChI is InChI=1S/C14H9N7O2S/c1-24-13-8(6-16)11(17)21(20-13)14-18-10(9-3-2-4-23-9)7(5-15)12(22)19-14/h2-4H,17H2,1H3,(H,18,19,22).